The average Bonchev–Trinajstić information content (AvgIpc) is 3.18. The molecule has 0 N–H and O–H groups in total. The molecule has 0 unspecified atom stereocenters. The minimum atomic E-state index is 1.17. The van der Waals surface area contributed by atoms with Gasteiger partial charge in [-0.15, -0.1) is 0 Å². The largest absolute Gasteiger partial charge is 0.345 e. The first-order valence-corrected chi connectivity index (χ1v) is 17.1. The van der Waals surface area contributed by atoms with Crippen LogP contribution in [0.2, 0.25) is 0 Å². The number of anilines is 5. The molecule has 0 aromatic heterocycles. The Morgan fingerprint density at radius 2 is 0.400 bits per heavy atom. The summed E-state index contributed by atoms with van der Waals surface area (Å²) in [5, 5.41) is 0. The number of hydrogen-bond donors (Lipinski definition) is 0. The summed E-state index contributed by atoms with van der Waals surface area (Å²) in [4.78, 5) is 4.42. The lowest BCUT2D eigenvalue weighted by atomic mass is 10.2. The van der Waals surface area contributed by atoms with E-state index < -0.39 is 0 Å². The molecular formula is C43H64N2. The second-order valence-electron chi connectivity index (χ2n) is 7.57. The molecule has 0 bridgehead atoms. The zero-order chi connectivity index (χ0) is 34.7. The lowest BCUT2D eigenvalue weighted by Gasteiger charge is -2.25. The summed E-state index contributed by atoms with van der Waals surface area (Å²) in [6, 6.07) is 51.9. The summed E-state index contributed by atoms with van der Waals surface area (Å²) in [6.07, 6.45) is 0. The number of para-hydroxylation sites is 5. The summed E-state index contributed by atoms with van der Waals surface area (Å²) in [7, 11) is 2.07. The molecule has 0 fully saturated rings. The first kappa shape index (κ1) is 45.1. The maximum Gasteiger partial charge on any atom is 0.0461 e. The minimum Gasteiger partial charge on any atom is -0.345 e. The Hall–Kier alpha value is -4.30. The van der Waals surface area contributed by atoms with Gasteiger partial charge in [-0.05, 0) is 60.7 Å². The maximum absolute atomic E-state index is 2.25. The van der Waals surface area contributed by atoms with E-state index in [-0.39, 0.29) is 0 Å². The molecule has 0 atom stereocenters. The highest BCUT2D eigenvalue weighted by molar-refractivity contribution is 5.76. The second-order valence-corrected chi connectivity index (χ2v) is 7.57. The second kappa shape index (κ2) is 34.2. The normalized spacial score (nSPS) is 8.11. The first-order chi connectivity index (χ1) is 22.3. The van der Waals surface area contributed by atoms with Crippen LogP contribution in [0.25, 0.3) is 0 Å². The Labute approximate surface area is 279 Å². The van der Waals surface area contributed by atoms with Gasteiger partial charge in [0.2, 0.25) is 0 Å². The van der Waals surface area contributed by atoms with Crippen molar-refractivity contribution in [3.05, 3.63) is 152 Å². The monoisotopic (exact) mass is 609 g/mol. The van der Waals surface area contributed by atoms with E-state index in [4.69, 9.17) is 0 Å². The number of rotatable bonds is 5. The summed E-state index contributed by atoms with van der Waals surface area (Å²) in [5.41, 5.74) is 5.91. The highest BCUT2D eigenvalue weighted by atomic mass is 15.1. The highest BCUT2D eigenvalue weighted by Crippen LogP contribution is 2.33. The van der Waals surface area contributed by atoms with E-state index in [1.165, 1.54) is 28.4 Å². The number of hydrogen-bond acceptors (Lipinski definition) is 2. The summed E-state index contributed by atoms with van der Waals surface area (Å²) in [6.45, 7) is 24.0. The van der Waals surface area contributed by atoms with E-state index in [1.54, 1.807) is 0 Å². The Morgan fingerprint density at radius 1 is 0.244 bits per heavy atom. The van der Waals surface area contributed by atoms with Crippen molar-refractivity contribution in [1.29, 1.82) is 0 Å². The molecule has 0 amide bonds. The predicted molar refractivity (Wildman–Crippen MR) is 210 cm³/mol. The minimum absolute atomic E-state index is 1.17. The van der Waals surface area contributed by atoms with Crippen LogP contribution in [0.4, 0.5) is 28.4 Å². The fraction of sp³-hybridized carbons (Fsp3) is 0.302. The molecular weight excluding hydrogens is 544 g/mol. The third-order valence-electron chi connectivity index (χ3n) is 5.33. The third-order valence-corrected chi connectivity index (χ3v) is 5.33. The van der Waals surface area contributed by atoms with E-state index in [1.807, 2.05) is 113 Å². The third kappa shape index (κ3) is 18.2. The summed E-state index contributed by atoms with van der Waals surface area (Å²) in [5.74, 6) is 0. The van der Waals surface area contributed by atoms with Gasteiger partial charge in [0.1, 0.15) is 0 Å². The molecule has 2 nitrogen and oxygen atoms in total. The molecule has 0 aliphatic carbocycles. The van der Waals surface area contributed by atoms with E-state index >= 15 is 0 Å². The molecule has 0 aliphatic rings. The molecule has 0 radical (unpaired) electrons. The van der Waals surface area contributed by atoms with Crippen LogP contribution in [-0.2, 0) is 0 Å². The van der Waals surface area contributed by atoms with Crippen molar-refractivity contribution in [2.24, 2.45) is 0 Å². The van der Waals surface area contributed by atoms with Gasteiger partial charge in [-0.3, -0.25) is 0 Å². The van der Waals surface area contributed by atoms with Crippen LogP contribution in [0, 0.1) is 0 Å². The molecule has 5 rings (SSSR count). The van der Waals surface area contributed by atoms with E-state index in [0.717, 1.165) is 0 Å². The molecule has 2 heteroatoms. The van der Waals surface area contributed by atoms with Crippen molar-refractivity contribution in [3.63, 3.8) is 0 Å². The van der Waals surface area contributed by atoms with Crippen molar-refractivity contribution in [3.8, 4) is 0 Å². The molecule has 0 heterocycles. The van der Waals surface area contributed by atoms with E-state index in [9.17, 15) is 0 Å². The Morgan fingerprint density at radius 3 is 0.578 bits per heavy atom. The van der Waals surface area contributed by atoms with Gasteiger partial charge in [0, 0.05) is 35.5 Å². The van der Waals surface area contributed by atoms with Gasteiger partial charge in [0.05, 0.1) is 0 Å². The predicted octanol–water partition coefficient (Wildman–Crippen LogP) is 14.8. The van der Waals surface area contributed by atoms with Crippen molar-refractivity contribution in [1.82, 2.24) is 0 Å². The zero-order valence-electron chi connectivity index (χ0n) is 30.8. The van der Waals surface area contributed by atoms with Gasteiger partial charge in [0.25, 0.3) is 0 Å². The summed E-state index contributed by atoms with van der Waals surface area (Å²) < 4.78 is 0. The standard InChI is InChI=1S/C18H15N.C13H13N.6C2H6/c1-4-10-16(11-5-1)19(17-12-6-2-7-13-17)18-14-8-3-9-15-18;1-14(12-8-4-2-5-9-12)13-10-6-3-7-11-13;6*1-2/h1-15H;2-11H,1H3;6*1-2H3. The first-order valence-electron chi connectivity index (χ1n) is 17.1. The van der Waals surface area contributed by atoms with Gasteiger partial charge < -0.3 is 9.80 Å². The Bertz CT molecular complexity index is 1060. The molecule has 0 saturated heterocycles. The molecule has 0 saturated carbocycles. The lowest BCUT2D eigenvalue weighted by molar-refractivity contribution is 1.21. The van der Waals surface area contributed by atoms with Crippen LogP contribution >= 0.6 is 0 Å². The van der Waals surface area contributed by atoms with Gasteiger partial charge in [-0.2, -0.15) is 0 Å². The van der Waals surface area contributed by atoms with Crippen LogP contribution in [0.3, 0.4) is 0 Å². The van der Waals surface area contributed by atoms with Crippen LogP contribution in [0.5, 0.6) is 0 Å². The van der Waals surface area contributed by atoms with Crippen molar-refractivity contribution < 1.29 is 0 Å². The SMILES string of the molecule is CC.CC.CC.CC.CC.CC.CN(c1ccccc1)c1ccccc1.c1ccc(N(c2ccccc2)c2ccccc2)cc1. The molecule has 45 heavy (non-hydrogen) atoms. The molecule has 5 aromatic rings. The number of benzene rings is 5. The zero-order valence-corrected chi connectivity index (χ0v) is 30.8. The van der Waals surface area contributed by atoms with Gasteiger partial charge in [-0.25, -0.2) is 0 Å². The van der Waals surface area contributed by atoms with Crippen LogP contribution < -0.4 is 9.80 Å². The van der Waals surface area contributed by atoms with E-state index in [0.29, 0.717) is 0 Å². The molecule has 0 aliphatic heterocycles. The van der Waals surface area contributed by atoms with Crippen molar-refractivity contribution in [2.45, 2.75) is 83.1 Å². The van der Waals surface area contributed by atoms with Gasteiger partial charge in [-0.1, -0.05) is 174 Å². The Balaban J connectivity index is -0.000000601. The van der Waals surface area contributed by atoms with Crippen LogP contribution in [0.15, 0.2) is 152 Å². The van der Waals surface area contributed by atoms with E-state index in [2.05, 4.69) is 138 Å². The van der Waals surface area contributed by atoms with Gasteiger partial charge in [0.15, 0.2) is 0 Å². The molecule has 5 aromatic carbocycles. The maximum atomic E-state index is 2.25. The highest BCUT2D eigenvalue weighted by Gasteiger charge is 2.10. The fourth-order valence-electron chi connectivity index (χ4n) is 3.63. The summed E-state index contributed by atoms with van der Waals surface area (Å²) >= 11 is 0. The smallest absolute Gasteiger partial charge is 0.0461 e. The Kier molecular flexibility index (Phi) is 34.3. The topological polar surface area (TPSA) is 6.48 Å². The van der Waals surface area contributed by atoms with Crippen LogP contribution in [-0.4, -0.2) is 7.05 Å². The molecule has 246 valence electrons. The quantitative estimate of drug-likeness (QED) is 0.196. The number of nitrogens with zero attached hydrogens (tertiary/aromatic N) is 2. The lowest BCUT2D eigenvalue weighted by Crippen LogP contribution is -2.09. The van der Waals surface area contributed by atoms with Gasteiger partial charge >= 0.3 is 0 Å². The average molecular weight is 609 g/mol. The fourth-order valence-corrected chi connectivity index (χ4v) is 3.63. The van der Waals surface area contributed by atoms with Crippen molar-refractivity contribution >= 4 is 28.4 Å². The van der Waals surface area contributed by atoms with Crippen LogP contribution in [0.1, 0.15) is 83.1 Å². The molecule has 0 spiro atoms. The van der Waals surface area contributed by atoms with Crippen molar-refractivity contribution in [2.75, 3.05) is 16.8 Å².